The van der Waals surface area contributed by atoms with Crippen LogP contribution in [-0.2, 0) is 15.0 Å². The molecule has 3 aromatic rings. The zero-order chi connectivity index (χ0) is 23.2. The molecule has 0 aliphatic carbocycles. The summed E-state index contributed by atoms with van der Waals surface area (Å²) in [6, 6.07) is 15.6. The molecule has 1 aliphatic heterocycles. The molecule has 2 aromatic carbocycles. The lowest BCUT2D eigenvalue weighted by molar-refractivity contribution is -0.132. The first-order valence-electron chi connectivity index (χ1n) is 10.6. The monoisotopic (exact) mass is 429 g/mol. The first-order chi connectivity index (χ1) is 15.1. The number of ketones is 1. The third-order valence-corrected chi connectivity index (χ3v) is 6.05. The molecular formula is C27H27NO4. The number of Topliss-reactive ketones (excluding diaryl/α,β-unsaturated/α-hetero) is 1. The third kappa shape index (κ3) is 3.64. The topological polar surface area (TPSA) is 70.8 Å². The first kappa shape index (κ1) is 21.6. The van der Waals surface area contributed by atoms with Gasteiger partial charge in [0, 0.05) is 11.3 Å². The molecule has 1 saturated heterocycles. The lowest BCUT2D eigenvalue weighted by atomic mass is 9.87. The fourth-order valence-corrected chi connectivity index (χ4v) is 3.98. The molecule has 5 nitrogen and oxygen atoms in total. The van der Waals surface area contributed by atoms with E-state index in [1.54, 1.807) is 18.2 Å². The van der Waals surface area contributed by atoms with Gasteiger partial charge in [0.2, 0.25) is 0 Å². The Labute approximate surface area is 188 Å². The van der Waals surface area contributed by atoms with Gasteiger partial charge in [-0.25, -0.2) is 0 Å². The van der Waals surface area contributed by atoms with Crippen LogP contribution in [0.25, 0.3) is 5.76 Å². The highest BCUT2D eigenvalue weighted by Gasteiger charge is 2.48. The summed E-state index contributed by atoms with van der Waals surface area (Å²) in [4.78, 5) is 27.7. The van der Waals surface area contributed by atoms with Gasteiger partial charge in [-0.2, -0.15) is 0 Å². The fraction of sp³-hybridized carbons (Fsp3) is 0.259. The van der Waals surface area contributed by atoms with E-state index in [4.69, 9.17) is 4.42 Å². The molecule has 1 aromatic heterocycles. The number of aliphatic hydroxyl groups excluding tert-OH is 1. The maximum absolute atomic E-state index is 13.1. The van der Waals surface area contributed by atoms with Crippen LogP contribution >= 0.6 is 0 Å². The molecule has 32 heavy (non-hydrogen) atoms. The van der Waals surface area contributed by atoms with Crippen molar-refractivity contribution in [1.29, 1.82) is 0 Å². The van der Waals surface area contributed by atoms with Gasteiger partial charge in [-0.3, -0.25) is 14.5 Å². The average molecular weight is 430 g/mol. The van der Waals surface area contributed by atoms with Crippen molar-refractivity contribution < 1.29 is 19.1 Å². The number of rotatable bonds is 3. The van der Waals surface area contributed by atoms with E-state index in [1.165, 1.54) is 11.2 Å². The van der Waals surface area contributed by atoms with Gasteiger partial charge in [0.1, 0.15) is 17.6 Å². The predicted molar refractivity (Wildman–Crippen MR) is 125 cm³/mol. The van der Waals surface area contributed by atoms with Gasteiger partial charge in [0.05, 0.1) is 11.8 Å². The second kappa shape index (κ2) is 7.83. The quantitative estimate of drug-likeness (QED) is 0.323. The lowest BCUT2D eigenvalue weighted by Gasteiger charge is -2.25. The molecular weight excluding hydrogens is 402 g/mol. The standard InChI is InChI=1S/C27H27NO4/c1-16-8-9-18(15-17(16)2)24(29)22-23(21-7-6-14-32-21)28(26(31)25(22)30)20-12-10-19(11-13-20)27(3,4)5/h6-15,23,29H,1-5H3/b24-22-. The summed E-state index contributed by atoms with van der Waals surface area (Å²) >= 11 is 0. The van der Waals surface area contributed by atoms with Crippen LogP contribution in [0.5, 0.6) is 0 Å². The molecule has 1 atom stereocenters. The zero-order valence-corrected chi connectivity index (χ0v) is 19.0. The van der Waals surface area contributed by atoms with Crippen molar-refractivity contribution in [3.8, 4) is 0 Å². The van der Waals surface area contributed by atoms with Crippen LogP contribution in [0.3, 0.4) is 0 Å². The molecule has 1 N–H and O–H groups in total. The summed E-state index contributed by atoms with van der Waals surface area (Å²) in [5.41, 5.74) is 4.21. The van der Waals surface area contributed by atoms with E-state index in [-0.39, 0.29) is 16.7 Å². The summed E-state index contributed by atoms with van der Waals surface area (Å²) in [6.45, 7) is 10.2. The number of nitrogens with zero attached hydrogens (tertiary/aromatic N) is 1. The Morgan fingerprint density at radius 3 is 2.22 bits per heavy atom. The van der Waals surface area contributed by atoms with Crippen LogP contribution in [0.2, 0.25) is 0 Å². The highest BCUT2D eigenvalue weighted by molar-refractivity contribution is 6.51. The van der Waals surface area contributed by atoms with Crippen LogP contribution < -0.4 is 4.90 Å². The van der Waals surface area contributed by atoms with Crippen molar-refractivity contribution in [1.82, 2.24) is 0 Å². The summed E-state index contributed by atoms with van der Waals surface area (Å²) in [5, 5.41) is 11.1. The van der Waals surface area contributed by atoms with Gasteiger partial charge in [-0.1, -0.05) is 45.0 Å². The Balaban J connectivity index is 1.88. The largest absolute Gasteiger partial charge is 0.507 e. The third-order valence-electron chi connectivity index (χ3n) is 6.05. The number of carbonyl (C=O) groups excluding carboxylic acids is 2. The van der Waals surface area contributed by atoms with E-state index in [1.807, 2.05) is 50.2 Å². The maximum atomic E-state index is 13.1. The van der Waals surface area contributed by atoms with Crippen molar-refractivity contribution in [2.24, 2.45) is 0 Å². The van der Waals surface area contributed by atoms with Crippen molar-refractivity contribution in [2.75, 3.05) is 4.90 Å². The molecule has 164 valence electrons. The first-order valence-corrected chi connectivity index (χ1v) is 10.6. The molecule has 1 amide bonds. The van der Waals surface area contributed by atoms with E-state index >= 15 is 0 Å². The molecule has 2 heterocycles. The van der Waals surface area contributed by atoms with Crippen LogP contribution in [-0.4, -0.2) is 16.8 Å². The van der Waals surface area contributed by atoms with Crippen molar-refractivity contribution in [3.05, 3.63) is 94.4 Å². The van der Waals surface area contributed by atoms with Gasteiger partial charge in [-0.05, 0) is 66.3 Å². The molecule has 5 heteroatoms. The van der Waals surface area contributed by atoms with E-state index in [2.05, 4.69) is 20.8 Å². The minimum Gasteiger partial charge on any atom is -0.507 e. The number of anilines is 1. The highest BCUT2D eigenvalue weighted by Crippen LogP contribution is 2.42. The fourth-order valence-electron chi connectivity index (χ4n) is 3.98. The number of furan rings is 1. The van der Waals surface area contributed by atoms with Gasteiger partial charge in [0.15, 0.2) is 0 Å². The van der Waals surface area contributed by atoms with Crippen LogP contribution in [0, 0.1) is 13.8 Å². The molecule has 1 fully saturated rings. The molecule has 4 rings (SSSR count). The number of hydrogen-bond donors (Lipinski definition) is 1. The van der Waals surface area contributed by atoms with Crippen molar-refractivity contribution in [2.45, 2.75) is 46.1 Å². The van der Waals surface area contributed by atoms with Crippen LogP contribution in [0.1, 0.15) is 54.8 Å². The molecule has 0 radical (unpaired) electrons. The number of benzene rings is 2. The molecule has 0 bridgehead atoms. The Bertz CT molecular complexity index is 1210. The summed E-state index contributed by atoms with van der Waals surface area (Å²) in [5.74, 6) is -1.22. The molecule has 1 aliphatic rings. The Morgan fingerprint density at radius 2 is 1.66 bits per heavy atom. The number of amides is 1. The van der Waals surface area contributed by atoms with Crippen LogP contribution in [0.4, 0.5) is 5.69 Å². The second-order valence-electron chi connectivity index (χ2n) is 9.28. The summed E-state index contributed by atoms with van der Waals surface area (Å²) < 4.78 is 5.61. The normalized spacial score (nSPS) is 18.4. The van der Waals surface area contributed by atoms with Gasteiger partial charge in [-0.15, -0.1) is 0 Å². The Morgan fingerprint density at radius 1 is 0.969 bits per heavy atom. The second-order valence-corrected chi connectivity index (χ2v) is 9.28. The Hall–Kier alpha value is -3.60. The lowest BCUT2D eigenvalue weighted by Crippen LogP contribution is -2.29. The Kier molecular flexibility index (Phi) is 5.29. The number of aliphatic hydroxyl groups is 1. The molecule has 0 saturated carbocycles. The zero-order valence-electron chi connectivity index (χ0n) is 19.0. The van der Waals surface area contributed by atoms with Gasteiger partial charge < -0.3 is 9.52 Å². The van der Waals surface area contributed by atoms with Crippen molar-refractivity contribution >= 4 is 23.1 Å². The van der Waals surface area contributed by atoms with E-state index in [0.717, 1.165) is 16.7 Å². The molecule has 1 unspecified atom stereocenters. The highest BCUT2D eigenvalue weighted by atomic mass is 16.3. The minimum absolute atomic E-state index is 0.0214. The maximum Gasteiger partial charge on any atom is 0.300 e. The number of hydrogen-bond acceptors (Lipinski definition) is 4. The van der Waals surface area contributed by atoms with E-state index in [0.29, 0.717) is 17.0 Å². The van der Waals surface area contributed by atoms with Crippen LogP contribution in [0.15, 0.2) is 70.9 Å². The van der Waals surface area contributed by atoms with E-state index < -0.39 is 17.7 Å². The SMILES string of the molecule is Cc1ccc(/C(O)=C2/C(=O)C(=O)N(c3ccc(C(C)(C)C)cc3)C2c2ccco2)cc1C. The van der Waals surface area contributed by atoms with E-state index in [9.17, 15) is 14.7 Å². The van der Waals surface area contributed by atoms with Gasteiger partial charge in [0.25, 0.3) is 11.7 Å². The van der Waals surface area contributed by atoms with Crippen molar-refractivity contribution in [3.63, 3.8) is 0 Å². The molecule has 0 spiro atoms. The number of aryl methyl sites for hydroxylation is 2. The summed E-state index contributed by atoms with van der Waals surface area (Å²) in [6.07, 6.45) is 1.49. The predicted octanol–water partition coefficient (Wildman–Crippen LogP) is 5.82. The average Bonchev–Trinajstić information content (AvgIpc) is 3.36. The van der Waals surface area contributed by atoms with Gasteiger partial charge >= 0.3 is 0 Å². The number of carbonyl (C=O) groups is 2. The minimum atomic E-state index is -0.855. The summed E-state index contributed by atoms with van der Waals surface area (Å²) in [7, 11) is 0. The smallest absolute Gasteiger partial charge is 0.300 e.